The largest absolute Gasteiger partial charge is 0.484 e. The fourth-order valence-corrected chi connectivity index (χ4v) is 3.36. The quantitative estimate of drug-likeness (QED) is 0.918. The van der Waals surface area contributed by atoms with E-state index < -0.39 is 6.09 Å². The van der Waals surface area contributed by atoms with Crippen LogP contribution in [-0.4, -0.2) is 42.1 Å². The Morgan fingerprint density at radius 2 is 2.12 bits per heavy atom. The molecule has 2 heterocycles. The van der Waals surface area contributed by atoms with Crippen molar-refractivity contribution >= 4 is 28.5 Å². The number of amides is 2. The smallest absolute Gasteiger partial charge is 0.413 e. The van der Waals surface area contributed by atoms with Gasteiger partial charge in [-0.3, -0.25) is 10.1 Å². The van der Waals surface area contributed by atoms with Crippen LogP contribution in [0.3, 0.4) is 0 Å². The summed E-state index contributed by atoms with van der Waals surface area (Å²) < 4.78 is 10.1. The summed E-state index contributed by atoms with van der Waals surface area (Å²) in [6.07, 6.45) is 0.108. The van der Waals surface area contributed by atoms with Crippen molar-refractivity contribution in [2.24, 2.45) is 0 Å². The van der Waals surface area contributed by atoms with Crippen molar-refractivity contribution in [2.45, 2.75) is 13.0 Å². The minimum absolute atomic E-state index is 0.00538. The van der Waals surface area contributed by atoms with Crippen LogP contribution in [0.2, 0.25) is 0 Å². The molecule has 0 saturated carbocycles. The lowest BCUT2D eigenvalue weighted by Crippen LogP contribution is -2.38. The lowest BCUT2D eigenvalue weighted by Gasteiger charge is -2.26. The highest BCUT2D eigenvalue weighted by Gasteiger charge is 2.24. The fourth-order valence-electron chi connectivity index (χ4n) is 2.35. The van der Waals surface area contributed by atoms with Gasteiger partial charge in [0.1, 0.15) is 5.75 Å². The van der Waals surface area contributed by atoms with Gasteiger partial charge in [-0.25, -0.2) is 9.78 Å². The highest BCUT2D eigenvalue weighted by Crippen LogP contribution is 2.28. The minimum Gasteiger partial charge on any atom is -0.484 e. The molecule has 0 fully saturated rings. The second kappa shape index (κ2) is 7.31. The third-order valence-corrected chi connectivity index (χ3v) is 4.58. The maximum absolute atomic E-state index is 12.3. The zero-order valence-corrected chi connectivity index (χ0v) is 14.0. The predicted molar refractivity (Wildman–Crippen MR) is 89.2 cm³/mol. The number of fused-ring (bicyclic) bond motifs is 1. The molecule has 2 amide bonds. The molecule has 0 spiro atoms. The maximum atomic E-state index is 12.3. The SMILES string of the molecule is COC(=O)Nc1nc2c(s1)CN(C(=O)COc1ccccc1)CC2. The van der Waals surface area contributed by atoms with Crippen LogP contribution in [0.1, 0.15) is 10.6 Å². The topological polar surface area (TPSA) is 80.8 Å². The number of nitrogens with zero attached hydrogens (tertiary/aromatic N) is 2. The molecule has 1 aromatic heterocycles. The van der Waals surface area contributed by atoms with E-state index in [1.54, 1.807) is 4.90 Å². The number of para-hydroxylation sites is 1. The highest BCUT2D eigenvalue weighted by atomic mass is 32.1. The van der Waals surface area contributed by atoms with Gasteiger partial charge in [0.15, 0.2) is 11.7 Å². The van der Waals surface area contributed by atoms with Gasteiger partial charge in [-0.05, 0) is 12.1 Å². The van der Waals surface area contributed by atoms with Crippen LogP contribution in [0.5, 0.6) is 5.75 Å². The van der Waals surface area contributed by atoms with Crippen LogP contribution in [0.15, 0.2) is 30.3 Å². The summed E-state index contributed by atoms with van der Waals surface area (Å²) in [6, 6.07) is 9.25. The van der Waals surface area contributed by atoms with Crippen LogP contribution in [-0.2, 0) is 22.5 Å². The molecule has 0 radical (unpaired) electrons. The molecule has 0 bridgehead atoms. The number of carbonyl (C=O) groups excluding carboxylic acids is 2. The predicted octanol–water partition coefficient (Wildman–Crippen LogP) is 2.29. The number of nitrogens with one attached hydrogen (secondary N) is 1. The van der Waals surface area contributed by atoms with Crippen molar-refractivity contribution in [1.29, 1.82) is 0 Å². The first-order chi connectivity index (χ1) is 11.7. The molecule has 0 saturated heterocycles. The summed E-state index contributed by atoms with van der Waals surface area (Å²) in [5, 5.41) is 3.05. The molecular formula is C16H17N3O4S. The lowest BCUT2D eigenvalue weighted by atomic mass is 10.2. The monoisotopic (exact) mass is 347 g/mol. The Balaban J connectivity index is 1.58. The maximum Gasteiger partial charge on any atom is 0.413 e. The summed E-state index contributed by atoms with van der Waals surface area (Å²) in [4.78, 5) is 30.6. The standard InChI is InChI=1S/C16H17N3O4S/c1-22-16(21)18-15-17-12-7-8-19(9-13(12)24-15)14(20)10-23-11-5-3-2-4-6-11/h2-6H,7-10H2,1H3,(H,17,18,21). The van der Waals surface area contributed by atoms with E-state index in [1.807, 2.05) is 30.3 Å². The molecule has 1 aliphatic rings. The molecule has 1 aromatic carbocycles. The van der Waals surface area contributed by atoms with Gasteiger partial charge in [-0.15, -0.1) is 0 Å². The number of ether oxygens (including phenoxy) is 2. The van der Waals surface area contributed by atoms with Crippen molar-refractivity contribution in [3.63, 3.8) is 0 Å². The molecule has 8 heteroatoms. The zero-order chi connectivity index (χ0) is 16.9. The third-order valence-electron chi connectivity index (χ3n) is 3.58. The fraction of sp³-hybridized carbons (Fsp3) is 0.312. The number of carbonyl (C=O) groups is 2. The Kier molecular flexibility index (Phi) is 4.95. The van der Waals surface area contributed by atoms with E-state index in [4.69, 9.17) is 4.74 Å². The Morgan fingerprint density at radius 1 is 1.33 bits per heavy atom. The minimum atomic E-state index is -0.551. The molecule has 3 rings (SSSR count). The molecule has 126 valence electrons. The van der Waals surface area contributed by atoms with E-state index >= 15 is 0 Å². The summed E-state index contributed by atoms with van der Waals surface area (Å²) in [6.45, 7) is 1.07. The van der Waals surface area contributed by atoms with Gasteiger partial charge in [0, 0.05) is 17.8 Å². The average molecular weight is 347 g/mol. The van der Waals surface area contributed by atoms with E-state index in [-0.39, 0.29) is 12.5 Å². The molecular weight excluding hydrogens is 330 g/mol. The van der Waals surface area contributed by atoms with E-state index in [1.165, 1.54) is 18.4 Å². The molecule has 0 aliphatic carbocycles. The van der Waals surface area contributed by atoms with E-state index in [0.29, 0.717) is 30.4 Å². The average Bonchev–Trinajstić information content (AvgIpc) is 3.01. The number of aromatic nitrogens is 1. The van der Waals surface area contributed by atoms with Gasteiger partial charge in [-0.2, -0.15) is 0 Å². The van der Waals surface area contributed by atoms with E-state index in [9.17, 15) is 9.59 Å². The van der Waals surface area contributed by atoms with Crippen molar-refractivity contribution in [1.82, 2.24) is 9.88 Å². The molecule has 1 aliphatic heterocycles. The van der Waals surface area contributed by atoms with Crippen LogP contribution in [0.25, 0.3) is 0 Å². The third kappa shape index (κ3) is 3.83. The Bertz CT molecular complexity index is 732. The second-order valence-corrected chi connectivity index (χ2v) is 6.26. The first kappa shape index (κ1) is 16.3. The van der Waals surface area contributed by atoms with Crippen LogP contribution >= 0.6 is 11.3 Å². The number of rotatable bonds is 4. The molecule has 0 atom stereocenters. The number of methoxy groups -OCH3 is 1. The molecule has 0 unspecified atom stereocenters. The Labute approximate surface area is 143 Å². The number of anilines is 1. The van der Waals surface area contributed by atoms with Gasteiger partial charge in [-0.1, -0.05) is 29.5 Å². The van der Waals surface area contributed by atoms with Crippen molar-refractivity contribution in [3.05, 3.63) is 40.9 Å². The van der Waals surface area contributed by atoms with Crippen LogP contribution < -0.4 is 10.1 Å². The normalized spacial score (nSPS) is 13.1. The van der Waals surface area contributed by atoms with Crippen LogP contribution in [0.4, 0.5) is 9.93 Å². The number of thiazole rings is 1. The Morgan fingerprint density at radius 3 is 2.88 bits per heavy atom. The summed E-state index contributed by atoms with van der Waals surface area (Å²) in [7, 11) is 1.30. The molecule has 7 nitrogen and oxygen atoms in total. The first-order valence-electron chi connectivity index (χ1n) is 7.45. The highest BCUT2D eigenvalue weighted by molar-refractivity contribution is 7.15. The lowest BCUT2D eigenvalue weighted by molar-refractivity contribution is -0.134. The first-order valence-corrected chi connectivity index (χ1v) is 8.26. The molecule has 1 N–H and O–H groups in total. The van der Waals surface area contributed by atoms with Crippen molar-refractivity contribution < 1.29 is 19.1 Å². The van der Waals surface area contributed by atoms with Crippen molar-refractivity contribution in [3.8, 4) is 5.75 Å². The van der Waals surface area contributed by atoms with Gasteiger partial charge >= 0.3 is 6.09 Å². The number of hydrogen-bond acceptors (Lipinski definition) is 6. The number of hydrogen-bond donors (Lipinski definition) is 1. The van der Waals surface area contributed by atoms with Crippen molar-refractivity contribution in [2.75, 3.05) is 25.6 Å². The van der Waals surface area contributed by atoms with E-state index in [0.717, 1.165) is 10.6 Å². The van der Waals surface area contributed by atoms with E-state index in [2.05, 4.69) is 15.0 Å². The van der Waals surface area contributed by atoms with Gasteiger partial charge in [0.2, 0.25) is 0 Å². The molecule has 2 aromatic rings. The summed E-state index contributed by atoms with van der Waals surface area (Å²) >= 11 is 1.36. The van der Waals surface area contributed by atoms with Crippen LogP contribution in [0, 0.1) is 0 Å². The summed E-state index contributed by atoms with van der Waals surface area (Å²) in [5.74, 6) is 0.603. The summed E-state index contributed by atoms with van der Waals surface area (Å²) in [5.41, 5.74) is 0.916. The number of benzene rings is 1. The molecule has 24 heavy (non-hydrogen) atoms. The second-order valence-electron chi connectivity index (χ2n) is 5.17. The van der Waals surface area contributed by atoms with Gasteiger partial charge in [0.05, 0.1) is 19.3 Å². The van der Waals surface area contributed by atoms with Gasteiger partial charge < -0.3 is 14.4 Å². The van der Waals surface area contributed by atoms with Gasteiger partial charge in [0.25, 0.3) is 5.91 Å². The Hall–Kier alpha value is -2.61. The zero-order valence-electron chi connectivity index (χ0n) is 13.2.